The van der Waals surface area contributed by atoms with Crippen LogP contribution in [-0.4, -0.2) is 48.6 Å². The number of likely N-dealkylation sites (tertiary alicyclic amines) is 1. The van der Waals surface area contributed by atoms with Gasteiger partial charge in [0.2, 0.25) is 11.8 Å². The first-order chi connectivity index (χ1) is 12.5. The Labute approximate surface area is 156 Å². The first-order valence-electron chi connectivity index (χ1n) is 10.7. The van der Waals surface area contributed by atoms with Gasteiger partial charge in [-0.15, -0.1) is 0 Å². The van der Waals surface area contributed by atoms with Crippen LogP contribution in [0.2, 0.25) is 0 Å². The monoisotopic (exact) mass is 360 g/mol. The molecule has 0 aromatic carbocycles. The summed E-state index contributed by atoms with van der Waals surface area (Å²) in [5.74, 6) is 4.86. The Morgan fingerprint density at radius 2 is 2.04 bits per heavy atom. The molecule has 6 fully saturated rings. The molecule has 6 rings (SSSR count). The Bertz CT molecular complexity index is 606. The highest BCUT2D eigenvalue weighted by Gasteiger charge is 2.71. The van der Waals surface area contributed by atoms with Crippen LogP contribution in [-0.2, 0) is 14.3 Å². The number of carbonyl (C=O) groups excluding carboxylic acids is 2. The molecule has 4 bridgehead atoms. The molecular formula is C21H32N2O3. The number of nitrogens with one attached hydrogen (secondary N) is 1. The van der Waals surface area contributed by atoms with Crippen molar-refractivity contribution < 1.29 is 14.3 Å². The second kappa shape index (κ2) is 5.95. The lowest BCUT2D eigenvalue weighted by Crippen LogP contribution is -2.49. The minimum atomic E-state index is -0.340. The van der Waals surface area contributed by atoms with Gasteiger partial charge in [0.25, 0.3) is 0 Å². The Morgan fingerprint density at radius 1 is 1.27 bits per heavy atom. The van der Waals surface area contributed by atoms with Crippen molar-refractivity contribution in [3.8, 4) is 0 Å². The van der Waals surface area contributed by atoms with E-state index in [4.69, 9.17) is 4.74 Å². The van der Waals surface area contributed by atoms with Gasteiger partial charge in [-0.2, -0.15) is 0 Å². The average molecular weight is 360 g/mol. The normalized spacial score (nSPS) is 44.7. The van der Waals surface area contributed by atoms with Crippen LogP contribution < -0.4 is 5.32 Å². The van der Waals surface area contributed by atoms with E-state index in [1.807, 2.05) is 0 Å². The fourth-order valence-corrected chi connectivity index (χ4v) is 6.70. The summed E-state index contributed by atoms with van der Waals surface area (Å²) in [6, 6.07) is 0. The highest BCUT2D eigenvalue weighted by molar-refractivity contribution is 5.82. The van der Waals surface area contributed by atoms with Gasteiger partial charge in [-0.05, 0) is 55.3 Å². The topological polar surface area (TPSA) is 58.6 Å². The van der Waals surface area contributed by atoms with E-state index in [0.29, 0.717) is 55.0 Å². The minimum Gasteiger partial charge on any atom is -0.371 e. The molecule has 0 aromatic heterocycles. The van der Waals surface area contributed by atoms with E-state index in [1.54, 1.807) is 0 Å². The predicted octanol–water partition coefficient (Wildman–Crippen LogP) is 2.06. The Balaban J connectivity index is 1.20. The highest BCUT2D eigenvalue weighted by Crippen LogP contribution is 2.73. The predicted molar refractivity (Wildman–Crippen MR) is 97.1 cm³/mol. The molecule has 2 aliphatic heterocycles. The zero-order valence-corrected chi connectivity index (χ0v) is 16.1. The third-order valence-corrected chi connectivity index (χ3v) is 8.10. The fraction of sp³-hybridized carbons (Fsp3) is 0.905. The van der Waals surface area contributed by atoms with Crippen LogP contribution >= 0.6 is 0 Å². The molecule has 6 aliphatic rings. The number of rotatable bonds is 6. The molecule has 4 saturated carbocycles. The average Bonchev–Trinajstić information content (AvgIpc) is 3.17. The van der Waals surface area contributed by atoms with Gasteiger partial charge < -0.3 is 15.0 Å². The highest BCUT2D eigenvalue weighted by atomic mass is 16.5. The van der Waals surface area contributed by atoms with E-state index in [0.717, 1.165) is 37.8 Å². The first kappa shape index (κ1) is 17.0. The smallest absolute Gasteiger partial charge is 0.226 e. The van der Waals surface area contributed by atoms with Gasteiger partial charge in [0, 0.05) is 38.0 Å². The molecule has 4 aliphatic carbocycles. The fourth-order valence-electron chi connectivity index (χ4n) is 6.70. The second-order valence-electron chi connectivity index (χ2n) is 9.99. The van der Waals surface area contributed by atoms with Crippen LogP contribution in [0.15, 0.2) is 0 Å². The quantitative estimate of drug-likeness (QED) is 0.789. The van der Waals surface area contributed by atoms with Gasteiger partial charge in [-0.3, -0.25) is 9.59 Å². The van der Waals surface area contributed by atoms with Crippen LogP contribution in [0.5, 0.6) is 0 Å². The van der Waals surface area contributed by atoms with Gasteiger partial charge in [0.15, 0.2) is 0 Å². The van der Waals surface area contributed by atoms with Gasteiger partial charge in [0.05, 0.1) is 6.54 Å². The summed E-state index contributed by atoms with van der Waals surface area (Å²) < 4.78 is 6.15. The number of fused-ring (bicyclic) bond motifs is 1. The summed E-state index contributed by atoms with van der Waals surface area (Å²) in [6.45, 7) is 7.09. The van der Waals surface area contributed by atoms with Crippen molar-refractivity contribution in [2.24, 2.45) is 41.4 Å². The first-order valence-corrected chi connectivity index (χ1v) is 10.7. The van der Waals surface area contributed by atoms with Crippen LogP contribution in [0.1, 0.15) is 46.0 Å². The number of hydrogen-bond donors (Lipinski definition) is 1. The molecule has 5 nitrogen and oxygen atoms in total. The van der Waals surface area contributed by atoms with Crippen molar-refractivity contribution in [1.82, 2.24) is 10.2 Å². The molecule has 26 heavy (non-hydrogen) atoms. The van der Waals surface area contributed by atoms with E-state index in [1.165, 1.54) is 12.8 Å². The summed E-state index contributed by atoms with van der Waals surface area (Å²) in [6.07, 6.45) is 5.11. The molecule has 3 unspecified atom stereocenters. The van der Waals surface area contributed by atoms with Crippen molar-refractivity contribution in [2.45, 2.75) is 51.6 Å². The zero-order valence-electron chi connectivity index (χ0n) is 16.1. The maximum Gasteiger partial charge on any atom is 0.226 e. The lowest BCUT2D eigenvalue weighted by molar-refractivity contribution is -0.137. The standard InChI is InChI=1S/C21H32N2O3/c1-12(2)3-4-17(24)22-10-21-11-23(9-14(21)5-6-26-21)20(25)18-13-7-15-16(8-13)19(15)18/h12-16,18-19H,3-11H2,1-2H3,(H,22,24)/t13?,14-,15?,16?,18?,19?,21+/m1/s1. The van der Waals surface area contributed by atoms with Gasteiger partial charge in [0.1, 0.15) is 5.60 Å². The number of carbonyl (C=O) groups is 2. The van der Waals surface area contributed by atoms with Crippen molar-refractivity contribution >= 4 is 11.8 Å². The summed E-state index contributed by atoms with van der Waals surface area (Å²) in [5.41, 5.74) is -0.340. The van der Waals surface area contributed by atoms with Crippen LogP contribution in [0.25, 0.3) is 0 Å². The number of ether oxygens (including phenoxy) is 1. The Kier molecular flexibility index (Phi) is 3.90. The molecular weight excluding hydrogens is 328 g/mol. The second-order valence-corrected chi connectivity index (χ2v) is 9.99. The van der Waals surface area contributed by atoms with Crippen LogP contribution in [0.3, 0.4) is 0 Å². The van der Waals surface area contributed by atoms with Crippen molar-refractivity contribution in [3.63, 3.8) is 0 Å². The van der Waals surface area contributed by atoms with Gasteiger partial charge in [-0.25, -0.2) is 0 Å². The Hall–Kier alpha value is -1.10. The maximum absolute atomic E-state index is 13.2. The molecule has 144 valence electrons. The van der Waals surface area contributed by atoms with Crippen molar-refractivity contribution in [2.75, 3.05) is 26.2 Å². The third kappa shape index (κ3) is 2.53. The van der Waals surface area contributed by atoms with Gasteiger partial charge >= 0.3 is 0 Å². The molecule has 2 amide bonds. The van der Waals surface area contributed by atoms with Gasteiger partial charge in [-0.1, -0.05) is 13.8 Å². The molecule has 1 N–H and O–H groups in total. The Morgan fingerprint density at radius 3 is 2.69 bits per heavy atom. The lowest BCUT2D eigenvalue weighted by Gasteiger charge is -2.29. The zero-order chi connectivity index (χ0) is 18.1. The SMILES string of the molecule is CC(C)CCC(=O)NC[C@]12CN(C(=O)C3C4CC5C(C4)C53)C[C@H]1CCO2. The molecule has 5 heteroatoms. The molecule has 2 saturated heterocycles. The number of nitrogens with zero attached hydrogens (tertiary/aromatic N) is 1. The molecule has 5 atom stereocenters. The van der Waals surface area contributed by atoms with Crippen molar-refractivity contribution in [1.29, 1.82) is 0 Å². The summed E-state index contributed by atoms with van der Waals surface area (Å²) in [4.78, 5) is 27.4. The van der Waals surface area contributed by atoms with E-state index in [9.17, 15) is 9.59 Å². The largest absolute Gasteiger partial charge is 0.371 e. The summed E-state index contributed by atoms with van der Waals surface area (Å²) in [5, 5.41) is 3.10. The molecule has 2 heterocycles. The van der Waals surface area contributed by atoms with E-state index >= 15 is 0 Å². The number of amides is 2. The molecule has 0 radical (unpaired) electrons. The lowest BCUT2D eigenvalue weighted by atomic mass is 9.91. The maximum atomic E-state index is 13.2. The van der Waals surface area contributed by atoms with Crippen LogP contribution in [0, 0.1) is 41.4 Å². The minimum absolute atomic E-state index is 0.115. The summed E-state index contributed by atoms with van der Waals surface area (Å²) in [7, 11) is 0. The van der Waals surface area contributed by atoms with Crippen LogP contribution in [0.4, 0.5) is 0 Å². The third-order valence-electron chi connectivity index (χ3n) is 8.10. The van der Waals surface area contributed by atoms with E-state index in [-0.39, 0.29) is 11.5 Å². The molecule has 0 aromatic rings. The van der Waals surface area contributed by atoms with E-state index < -0.39 is 0 Å². The molecule has 0 spiro atoms. The van der Waals surface area contributed by atoms with E-state index in [2.05, 4.69) is 24.1 Å². The number of hydrogen-bond acceptors (Lipinski definition) is 3. The van der Waals surface area contributed by atoms with Crippen molar-refractivity contribution in [3.05, 3.63) is 0 Å². The summed E-state index contributed by atoms with van der Waals surface area (Å²) >= 11 is 0.